The zero-order valence-corrected chi connectivity index (χ0v) is 21.2. The van der Waals surface area contributed by atoms with Crippen LogP contribution in [0.25, 0.3) is 0 Å². The number of hydrogen-bond donors (Lipinski definition) is 2. The lowest BCUT2D eigenvalue weighted by molar-refractivity contribution is -0.145. The van der Waals surface area contributed by atoms with Gasteiger partial charge < -0.3 is 14.6 Å². The summed E-state index contributed by atoms with van der Waals surface area (Å²) in [5, 5.41) is 13.1. The topological polar surface area (TPSA) is 119 Å². The molecule has 35 heavy (non-hydrogen) atoms. The SMILES string of the molecule is CO[C@H]1C=CCCC=CC(=O)O[C@@H]([C@@H](C)C(=O)CCCC2CC(=O)NC(=O)C2)C(C)=C[C@H](C)[C@H]1O. The zero-order chi connectivity index (χ0) is 26.0. The Balaban J connectivity index is 2.11. The number of piperidine rings is 1. The number of rotatable bonds is 7. The summed E-state index contributed by atoms with van der Waals surface area (Å²) >= 11 is 0. The second kappa shape index (κ2) is 14.1. The normalized spacial score (nSPS) is 28.0. The molecule has 2 aliphatic rings. The summed E-state index contributed by atoms with van der Waals surface area (Å²) in [7, 11) is 1.55. The lowest BCUT2D eigenvalue weighted by Gasteiger charge is -2.27. The molecular weight excluding hydrogens is 450 g/mol. The van der Waals surface area contributed by atoms with Crippen LogP contribution in [0.5, 0.6) is 0 Å². The molecule has 5 atom stereocenters. The van der Waals surface area contributed by atoms with Gasteiger partial charge in [0.2, 0.25) is 11.8 Å². The average Bonchev–Trinajstić information content (AvgIpc) is 2.79. The summed E-state index contributed by atoms with van der Waals surface area (Å²) in [6.45, 7) is 5.39. The number of allylic oxidation sites excluding steroid dienone is 2. The molecule has 0 aromatic heterocycles. The lowest BCUT2D eigenvalue weighted by atomic mass is 9.86. The van der Waals surface area contributed by atoms with Crippen molar-refractivity contribution in [2.75, 3.05) is 7.11 Å². The minimum Gasteiger partial charge on any atom is -0.454 e. The Morgan fingerprint density at radius 2 is 1.86 bits per heavy atom. The number of amides is 2. The Bertz CT molecular complexity index is 844. The molecule has 0 radical (unpaired) electrons. The first-order chi connectivity index (χ1) is 16.6. The van der Waals surface area contributed by atoms with Gasteiger partial charge in [-0.3, -0.25) is 19.7 Å². The van der Waals surface area contributed by atoms with Gasteiger partial charge in [0.25, 0.3) is 0 Å². The van der Waals surface area contributed by atoms with Gasteiger partial charge in [0.15, 0.2) is 0 Å². The van der Waals surface area contributed by atoms with E-state index in [4.69, 9.17) is 9.47 Å². The number of esters is 1. The minimum absolute atomic E-state index is 0.0524. The van der Waals surface area contributed by atoms with Crippen molar-refractivity contribution in [3.63, 3.8) is 0 Å². The van der Waals surface area contributed by atoms with Gasteiger partial charge in [-0.15, -0.1) is 0 Å². The molecule has 0 saturated carbocycles. The predicted molar refractivity (Wildman–Crippen MR) is 131 cm³/mol. The molecule has 8 nitrogen and oxygen atoms in total. The number of hydrogen-bond acceptors (Lipinski definition) is 7. The second-order valence-electron chi connectivity index (χ2n) is 9.62. The Hall–Kier alpha value is -2.58. The highest BCUT2D eigenvalue weighted by Gasteiger charge is 2.31. The second-order valence-corrected chi connectivity index (χ2v) is 9.62. The van der Waals surface area contributed by atoms with Crippen LogP contribution >= 0.6 is 0 Å². The first-order valence-corrected chi connectivity index (χ1v) is 12.4. The summed E-state index contributed by atoms with van der Waals surface area (Å²) in [6, 6.07) is 0. The van der Waals surface area contributed by atoms with Crippen LogP contribution in [0.3, 0.4) is 0 Å². The maximum Gasteiger partial charge on any atom is 0.331 e. The van der Waals surface area contributed by atoms with Crippen molar-refractivity contribution < 1.29 is 33.8 Å². The van der Waals surface area contributed by atoms with Gasteiger partial charge in [-0.05, 0) is 44.1 Å². The fourth-order valence-electron chi connectivity index (χ4n) is 4.61. The van der Waals surface area contributed by atoms with Gasteiger partial charge in [0.05, 0.1) is 12.0 Å². The lowest BCUT2D eigenvalue weighted by Crippen LogP contribution is -2.38. The molecule has 2 N–H and O–H groups in total. The summed E-state index contributed by atoms with van der Waals surface area (Å²) in [4.78, 5) is 48.6. The molecule has 0 spiro atoms. The number of Topliss-reactive ketones (excluding diaryl/α,β-unsaturated/α-hetero) is 1. The number of imide groups is 1. The van der Waals surface area contributed by atoms with E-state index in [0.717, 1.165) is 0 Å². The first kappa shape index (κ1) is 28.7. The van der Waals surface area contributed by atoms with Crippen LogP contribution in [0.4, 0.5) is 0 Å². The van der Waals surface area contributed by atoms with Gasteiger partial charge in [-0.2, -0.15) is 0 Å². The van der Waals surface area contributed by atoms with Gasteiger partial charge in [-0.25, -0.2) is 4.79 Å². The molecule has 1 saturated heterocycles. The summed E-state index contributed by atoms with van der Waals surface area (Å²) in [5.41, 5.74) is 0.685. The molecule has 2 aliphatic heterocycles. The quantitative estimate of drug-likeness (QED) is 0.320. The molecule has 1 fully saturated rings. The molecule has 0 aromatic carbocycles. The van der Waals surface area contributed by atoms with E-state index in [0.29, 0.717) is 44.1 Å². The van der Waals surface area contributed by atoms with Gasteiger partial charge in [0, 0.05) is 38.4 Å². The molecule has 8 heteroatoms. The van der Waals surface area contributed by atoms with Crippen molar-refractivity contribution in [2.45, 2.75) is 84.0 Å². The van der Waals surface area contributed by atoms with Crippen molar-refractivity contribution in [1.82, 2.24) is 5.32 Å². The van der Waals surface area contributed by atoms with Crippen molar-refractivity contribution in [3.05, 3.63) is 36.0 Å². The zero-order valence-electron chi connectivity index (χ0n) is 21.2. The van der Waals surface area contributed by atoms with E-state index in [1.54, 1.807) is 27.0 Å². The van der Waals surface area contributed by atoms with Crippen molar-refractivity contribution in [1.29, 1.82) is 0 Å². The number of aliphatic hydroxyl groups excluding tert-OH is 1. The van der Waals surface area contributed by atoms with E-state index in [-0.39, 0.29) is 35.9 Å². The van der Waals surface area contributed by atoms with Gasteiger partial charge in [0.1, 0.15) is 18.0 Å². The summed E-state index contributed by atoms with van der Waals surface area (Å²) in [6.07, 6.45) is 9.96. The highest BCUT2D eigenvalue weighted by atomic mass is 16.5. The molecule has 194 valence electrons. The summed E-state index contributed by atoms with van der Waals surface area (Å²) < 4.78 is 11.1. The average molecular weight is 490 g/mol. The predicted octanol–water partition coefficient (Wildman–Crippen LogP) is 3.19. The number of cyclic esters (lactones) is 1. The monoisotopic (exact) mass is 489 g/mol. The third kappa shape index (κ3) is 9.18. The van der Waals surface area contributed by atoms with E-state index >= 15 is 0 Å². The maximum atomic E-state index is 13.0. The Labute approximate surface area is 207 Å². The standard InChI is InChI=1S/C27H39NO7/c1-17-14-18(2)27(35-25(32)13-8-6-5-7-12-22(34-4)26(17)33)19(3)21(29)11-9-10-20-15-23(30)28-24(31)16-20/h7-8,12-14,17,19-20,22,26-27,33H,5-6,9-11,15-16H2,1-4H3,(H,28,30,31)/t17-,19-,22-,26+,27+/m0/s1. The van der Waals surface area contributed by atoms with E-state index < -0.39 is 30.2 Å². The highest BCUT2D eigenvalue weighted by Crippen LogP contribution is 2.25. The number of aliphatic hydroxyl groups is 1. The molecule has 2 heterocycles. The van der Waals surface area contributed by atoms with Crippen LogP contribution in [-0.4, -0.2) is 54.1 Å². The Kier molecular flexibility index (Phi) is 11.5. The molecule has 2 amide bonds. The van der Waals surface area contributed by atoms with Crippen LogP contribution in [0.15, 0.2) is 36.0 Å². The summed E-state index contributed by atoms with van der Waals surface area (Å²) in [5.74, 6) is -2.06. The van der Waals surface area contributed by atoms with Crippen LogP contribution in [0, 0.1) is 17.8 Å². The van der Waals surface area contributed by atoms with E-state index in [9.17, 15) is 24.3 Å². The van der Waals surface area contributed by atoms with Crippen LogP contribution in [-0.2, 0) is 28.7 Å². The number of carbonyl (C=O) groups excluding carboxylic acids is 4. The molecule has 0 bridgehead atoms. The van der Waals surface area contributed by atoms with E-state index in [1.807, 2.05) is 25.2 Å². The van der Waals surface area contributed by atoms with E-state index in [2.05, 4.69) is 5.32 Å². The van der Waals surface area contributed by atoms with Crippen molar-refractivity contribution in [2.24, 2.45) is 17.8 Å². The Morgan fingerprint density at radius 3 is 2.51 bits per heavy atom. The minimum atomic E-state index is -0.803. The number of ether oxygens (including phenoxy) is 2. The van der Waals surface area contributed by atoms with Gasteiger partial charge >= 0.3 is 5.97 Å². The molecule has 0 aliphatic carbocycles. The van der Waals surface area contributed by atoms with Crippen LogP contribution < -0.4 is 5.32 Å². The van der Waals surface area contributed by atoms with Crippen molar-refractivity contribution in [3.8, 4) is 0 Å². The number of methoxy groups -OCH3 is 1. The fraction of sp³-hybridized carbons (Fsp3) is 0.630. The molecule has 2 rings (SSSR count). The maximum absolute atomic E-state index is 13.0. The smallest absolute Gasteiger partial charge is 0.331 e. The molecule has 0 aromatic rings. The molecular formula is C27H39NO7. The molecule has 0 unspecified atom stereocenters. The third-order valence-electron chi connectivity index (χ3n) is 6.67. The van der Waals surface area contributed by atoms with Gasteiger partial charge in [-0.1, -0.05) is 38.2 Å². The van der Waals surface area contributed by atoms with Crippen LogP contribution in [0.2, 0.25) is 0 Å². The first-order valence-electron chi connectivity index (χ1n) is 12.4. The third-order valence-corrected chi connectivity index (χ3v) is 6.67. The number of nitrogens with one attached hydrogen (secondary N) is 1. The van der Waals surface area contributed by atoms with Crippen LogP contribution in [0.1, 0.15) is 65.7 Å². The number of carbonyl (C=O) groups is 4. The van der Waals surface area contributed by atoms with Crippen molar-refractivity contribution >= 4 is 23.6 Å². The highest BCUT2D eigenvalue weighted by molar-refractivity contribution is 5.97. The largest absolute Gasteiger partial charge is 0.454 e. The Morgan fingerprint density at radius 1 is 1.20 bits per heavy atom. The van der Waals surface area contributed by atoms with E-state index in [1.165, 1.54) is 6.08 Å². The number of ketones is 1. The fourth-order valence-corrected chi connectivity index (χ4v) is 4.61.